The summed E-state index contributed by atoms with van der Waals surface area (Å²) in [4.78, 5) is 43.8. The van der Waals surface area contributed by atoms with Crippen LogP contribution in [-0.4, -0.2) is 64.3 Å². The zero-order valence-electron chi connectivity index (χ0n) is 24.3. The smallest absolute Gasteiger partial charge is 0.263 e. The maximum atomic E-state index is 15.1. The van der Waals surface area contributed by atoms with Gasteiger partial charge < -0.3 is 20.1 Å². The standard InChI is InChI=1S/C31H32FN5O5S/c1-19(37(18-31(2,3)41)35-20-9-7-6-8-10-20)22(17-38)29(39)34-21-11-12-25(23(32)15-21)42-26-13-14-33-24-16-27(43-28(24)26)30(40)36(4)5/h6-17,35,41H,18H2,1-5H3,(H,34,39)/b22-19+. The second kappa shape index (κ2) is 13.0. The number of hydrogen-bond donors (Lipinski definition) is 3. The monoisotopic (exact) mass is 605 g/mol. The van der Waals surface area contributed by atoms with Gasteiger partial charge in [0.05, 0.1) is 32.9 Å². The quantitative estimate of drug-likeness (QED) is 0.0679. The van der Waals surface area contributed by atoms with Crippen LogP contribution in [-0.2, 0) is 9.59 Å². The van der Waals surface area contributed by atoms with Crippen molar-refractivity contribution in [3.8, 4) is 11.5 Å². The highest BCUT2D eigenvalue weighted by atomic mass is 32.1. The maximum Gasteiger partial charge on any atom is 0.263 e. The zero-order chi connectivity index (χ0) is 31.3. The topological polar surface area (TPSA) is 124 Å². The molecule has 0 saturated carbocycles. The van der Waals surface area contributed by atoms with E-state index < -0.39 is 17.3 Å². The summed E-state index contributed by atoms with van der Waals surface area (Å²) in [6.45, 7) is 4.83. The fourth-order valence-corrected chi connectivity index (χ4v) is 5.13. The Hall–Kier alpha value is -4.81. The van der Waals surface area contributed by atoms with Crippen molar-refractivity contribution >= 4 is 51.0 Å². The Balaban J connectivity index is 1.55. The third-order valence-electron chi connectivity index (χ3n) is 6.14. The number of rotatable bonds is 11. The summed E-state index contributed by atoms with van der Waals surface area (Å²) >= 11 is 1.19. The zero-order valence-corrected chi connectivity index (χ0v) is 25.2. The number of carbonyl (C=O) groups is 3. The predicted molar refractivity (Wildman–Crippen MR) is 165 cm³/mol. The van der Waals surface area contributed by atoms with Crippen LogP contribution >= 0.6 is 11.3 Å². The highest BCUT2D eigenvalue weighted by Gasteiger charge is 2.24. The number of halogens is 1. The van der Waals surface area contributed by atoms with Gasteiger partial charge in [0.2, 0.25) is 0 Å². The Kier molecular flexibility index (Phi) is 9.42. The first kappa shape index (κ1) is 31.1. The summed E-state index contributed by atoms with van der Waals surface area (Å²) in [6, 6.07) is 16.2. The molecule has 2 amide bonds. The molecule has 0 saturated heterocycles. The Morgan fingerprint density at radius 1 is 1.07 bits per heavy atom. The molecule has 3 N–H and O–H groups in total. The van der Waals surface area contributed by atoms with Crippen molar-refractivity contribution in [3.05, 3.63) is 88.8 Å². The first-order chi connectivity index (χ1) is 20.4. The maximum absolute atomic E-state index is 15.1. The van der Waals surface area contributed by atoms with Gasteiger partial charge in [-0.15, -0.1) is 11.3 Å². The third-order valence-corrected chi connectivity index (χ3v) is 7.27. The van der Waals surface area contributed by atoms with Gasteiger partial charge in [-0.2, -0.15) is 0 Å². The molecule has 2 heterocycles. The lowest BCUT2D eigenvalue weighted by Crippen LogP contribution is -2.42. The van der Waals surface area contributed by atoms with Crippen molar-refractivity contribution in [2.24, 2.45) is 0 Å². The van der Waals surface area contributed by atoms with E-state index in [1.807, 2.05) is 18.2 Å². The number of nitrogens with one attached hydrogen (secondary N) is 2. The fraction of sp³-hybridized carbons (Fsp3) is 0.226. The van der Waals surface area contributed by atoms with Gasteiger partial charge in [-0.25, -0.2) is 4.39 Å². The number of anilines is 2. The number of aliphatic hydroxyl groups is 1. The lowest BCUT2D eigenvalue weighted by Gasteiger charge is -2.33. The van der Waals surface area contributed by atoms with Crippen LogP contribution in [0.4, 0.5) is 15.8 Å². The van der Waals surface area contributed by atoms with Gasteiger partial charge in [-0.3, -0.25) is 29.8 Å². The molecule has 0 aliphatic rings. The number of carbonyl (C=O) groups excluding carboxylic acids is 3. The number of hydrogen-bond acceptors (Lipinski definition) is 9. The van der Waals surface area contributed by atoms with Crippen molar-refractivity contribution < 1.29 is 28.6 Å². The number of nitrogens with zero attached hydrogens (tertiary/aromatic N) is 3. The molecule has 2 aromatic carbocycles. The second-order valence-corrected chi connectivity index (χ2v) is 11.6. The van der Waals surface area contributed by atoms with Gasteiger partial charge in [-0.1, -0.05) is 18.2 Å². The van der Waals surface area contributed by atoms with E-state index in [9.17, 15) is 19.5 Å². The van der Waals surface area contributed by atoms with E-state index in [1.54, 1.807) is 59.1 Å². The van der Waals surface area contributed by atoms with Gasteiger partial charge in [0.15, 0.2) is 17.9 Å². The van der Waals surface area contributed by atoms with Gasteiger partial charge in [0.1, 0.15) is 11.3 Å². The molecule has 12 heteroatoms. The summed E-state index contributed by atoms with van der Waals surface area (Å²) in [5.41, 5.74) is 3.31. The number of fused-ring (bicyclic) bond motifs is 1. The number of para-hydroxylation sites is 1. The van der Waals surface area contributed by atoms with Crippen LogP contribution in [0.15, 0.2) is 78.1 Å². The molecule has 2 aromatic heterocycles. The predicted octanol–water partition coefficient (Wildman–Crippen LogP) is 5.44. The minimum atomic E-state index is -1.17. The van der Waals surface area contributed by atoms with E-state index in [2.05, 4.69) is 15.7 Å². The Labute approximate surface area is 252 Å². The molecular formula is C31H32FN5O5S. The van der Waals surface area contributed by atoms with Gasteiger partial charge in [0, 0.05) is 43.8 Å². The molecule has 10 nitrogen and oxygen atoms in total. The van der Waals surface area contributed by atoms with Crippen LogP contribution < -0.4 is 15.5 Å². The Morgan fingerprint density at radius 3 is 2.42 bits per heavy atom. The van der Waals surface area contributed by atoms with E-state index in [0.717, 1.165) is 6.07 Å². The van der Waals surface area contributed by atoms with E-state index >= 15 is 4.39 Å². The lowest BCUT2D eigenvalue weighted by molar-refractivity contribution is -0.115. The van der Waals surface area contributed by atoms with Crippen LogP contribution in [0.25, 0.3) is 10.2 Å². The molecule has 4 aromatic rings. The van der Waals surface area contributed by atoms with Crippen LogP contribution in [0.3, 0.4) is 0 Å². The minimum Gasteiger partial charge on any atom is -0.453 e. The molecule has 0 unspecified atom stereocenters. The molecule has 0 radical (unpaired) electrons. The number of ether oxygens (including phenoxy) is 1. The number of aromatic nitrogens is 1. The van der Waals surface area contributed by atoms with Gasteiger partial charge >= 0.3 is 0 Å². The molecule has 4 rings (SSSR count). The van der Waals surface area contributed by atoms with Crippen LogP contribution in [0.2, 0.25) is 0 Å². The molecule has 43 heavy (non-hydrogen) atoms. The van der Waals surface area contributed by atoms with E-state index in [4.69, 9.17) is 4.74 Å². The Morgan fingerprint density at radius 2 is 1.79 bits per heavy atom. The first-order valence-corrected chi connectivity index (χ1v) is 14.0. The molecule has 0 spiro atoms. The molecule has 0 fully saturated rings. The van der Waals surface area contributed by atoms with Crippen molar-refractivity contribution in [3.63, 3.8) is 0 Å². The summed E-state index contributed by atoms with van der Waals surface area (Å²) in [5.74, 6) is -1.48. The van der Waals surface area contributed by atoms with Crippen LogP contribution in [0.1, 0.15) is 30.4 Å². The average molecular weight is 606 g/mol. The highest BCUT2D eigenvalue weighted by Crippen LogP contribution is 2.36. The number of hydrazine groups is 1. The average Bonchev–Trinajstić information content (AvgIpc) is 3.39. The Bertz CT molecular complexity index is 1680. The molecule has 224 valence electrons. The molecular weight excluding hydrogens is 573 g/mol. The normalized spacial score (nSPS) is 11.9. The first-order valence-electron chi connectivity index (χ1n) is 13.2. The van der Waals surface area contributed by atoms with Gasteiger partial charge in [0.25, 0.3) is 11.8 Å². The number of aldehydes is 1. The summed E-state index contributed by atoms with van der Waals surface area (Å²) in [5, 5.41) is 14.5. The van der Waals surface area contributed by atoms with Crippen molar-refractivity contribution in [1.82, 2.24) is 14.9 Å². The number of allylic oxidation sites excluding steroid dienone is 1. The van der Waals surface area contributed by atoms with Crippen molar-refractivity contribution in [1.29, 1.82) is 0 Å². The molecule has 0 atom stereocenters. The van der Waals surface area contributed by atoms with Gasteiger partial charge in [-0.05, 0) is 51.1 Å². The molecule has 0 aliphatic carbocycles. The molecule has 0 bridgehead atoms. The van der Waals surface area contributed by atoms with E-state index in [-0.39, 0.29) is 35.2 Å². The number of pyridine rings is 1. The summed E-state index contributed by atoms with van der Waals surface area (Å²) in [6.07, 6.45) is 1.91. The van der Waals surface area contributed by atoms with Crippen LogP contribution in [0.5, 0.6) is 11.5 Å². The fourth-order valence-electron chi connectivity index (χ4n) is 4.05. The summed E-state index contributed by atoms with van der Waals surface area (Å²) in [7, 11) is 3.30. The SMILES string of the molecule is C/C(=C(/C=O)C(=O)Nc1ccc(Oc2ccnc3cc(C(=O)N(C)C)sc23)c(F)c1)N(CC(C)(C)O)Nc1ccccc1. The number of thiophene rings is 1. The minimum absolute atomic E-state index is 0.0519. The van der Waals surface area contributed by atoms with Crippen molar-refractivity contribution in [2.45, 2.75) is 26.4 Å². The molecule has 0 aliphatic heterocycles. The summed E-state index contributed by atoms with van der Waals surface area (Å²) < 4.78 is 21.6. The number of amides is 2. The lowest BCUT2D eigenvalue weighted by atomic mass is 10.1. The van der Waals surface area contributed by atoms with Crippen LogP contribution in [0, 0.1) is 5.82 Å². The highest BCUT2D eigenvalue weighted by molar-refractivity contribution is 7.21. The van der Waals surface area contributed by atoms with Crippen molar-refractivity contribution in [2.75, 3.05) is 31.4 Å². The largest absolute Gasteiger partial charge is 0.453 e. The third kappa shape index (κ3) is 7.73. The second-order valence-electron chi connectivity index (χ2n) is 10.5. The van der Waals surface area contributed by atoms with E-state index in [1.165, 1.54) is 39.6 Å². The number of benzene rings is 2. The van der Waals surface area contributed by atoms with E-state index in [0.29, 0.717) is 32.8 Å².